The van der Waals surface area contributed by atoms with E-state index in [2.05, 4.69) is 39.8 Å². The Balaban J connectivity index is 3.20. The van der Waals surface area contributed by atoms with Crippen molar-refractivity contribution in [3.63, 3.8) is 0 Å². The van der Waals surface area contributed by atoms with Crippen molar-refractivity contribution < 1.29 is 9.53 Å². The molecule has 0 bridgehead atoms. The van der Waals surface area contributed by atoms with Gasteiger partial charge in [-0.15, -0.1) is 0 Å². The second-order valence-electron chi connectivity index (χ2n) is 5.19. The Bertz CT molecular complexity index is 423. The normalized spacial score (nSPS) is 13.9. The van der Waals surface area contributed by atoms with Gasteiger partial charge in [-0.25, -0.2) is 4.79 Å². The van der Waals surface area contributed by atoms with E-state index in [1.807, 2.05) is 13.0 Å². The van der Waals surface area contributed by atoms with Gasteiger partial charge in [0.05, 0.1) is 12.2 Å². The SMILES string of the molecule is CCOC(=O)c1ccc(C(C)CC)cc1C(C)CC. The Morgan fingerprint density at radius 1 is 1.11 bits per heavy atom. The summed E-state index contributed by atoms with van der Waals surface area (Å²) in [4.78, 5) is 12.0. The van der Waals surface area contributed by atoms with Crippen LogP contribution < -0.4 is 0 Å². The number of hydrogen-bond donors (Lipinski definition) is 0. The number of benzene rings is 1. The summed E-state index contributed by atoms with van der Waals surface area (Å²) in [6.45, 7) is 11.0. The highest BCUT2D eigenvalue weighted by Gasteiger charge is 2.18. The Labute approximate surface area is 117 Å². The first kappa shape index (κ1) is 15.7. The molecule has 0 N–H and O–H groups in total. The van der Waals surface area contributed by atoms with Gasteiger partial charge in [0.2, 0.25) is 0 Å². The van der Waals surface area contributed by atoms with Crippen molar-refractivity contribution in [2.45, 2.75) is 59.3 Å². The van der Waals surface area contributed by atoms with Gasteiger partial charge in [0.1, 0.15) is 0 Å². The van der Waals surface area contributed by atoms with Crippen molar-refractivity contribution in [3.05, 3.63) is 34.9 Å². The molecule has 0 aliphatic heterocycles. The Hall–Kier alpha value is -1.31. The summed E-state index contributed by atoms with van der Waals surface area (Å²) in [5, 5.41) is 0. The largest absolute Gasteiger partial charge is 0.462 e. The van der Waals surface area contributed by atoms with Crippen LogP contribution in [0.5, 0.6) is 0 Å². The van der Waals surface area contributed by atoms with Crippen LogP contribution in [0.3, 0.4) is 0 Å². The van der Waals surface area contributed by atoms with Crippen LogP contribution in [0.15, 0.2) is 18.2 Å². The van der Waals surface area contributed by atoms with Gasteiger partial charge < -0.3 is 4.74 Å². The summed E-state index contributed by atoms with van der Waals surface area (Å²) in [7, 11) is 0. The molecular weight excluding hydrogens is 236 g/mol. The van der Waals surface area contributed by atoms with Crippen LogP contribution in [0, 0.1) is 0 Å². The van der Waals surface area contributed by atoms with E-state index < -0.39 is 0 Å². The Morgan fingerprint density at radius 2 is 1.74 bits per heavy atom. The zero-order chi connectivity index (χ0) is 14.4. The Kier molecular flexibility index (Phi) is 6.07. The number of carbonyl (C=O) groups excluding carboxylic acids is 1. The van der Waals surface area contributed by atoms with Crippen molar-refractivity contribution in [1.82, 2.24) is 0 Å². The molecule has 0 radical (unpaired) electrons. The van der Waals surface area contributed by atoms with Gasteiger partial charge in [0.15, 0.2) is 0 Å². The number of ether oxygens (including phenoxy) is 1. The van der Waals surface area contributed by atoms with Crippen LogP contribution in [0.4, 0.5) is 0 Å². The highest BCUT2D eigenvalue weighted by Crippen LogP contribution is 2.28. The van der Waals surface area contributed by atoms with Gasteiger partial charge >= 0.3 is 5.97 Å². The minimum atomic E-state index is -0.200. The van der Waals surface area contributed by atoms with E-state index in [1.165, 1.54) is 5.56 Å². The van der Waals surface area contributed by atoms with Crippen molar-refractivity contribution in [2.75, 3.05) is 6.61 Å². The molecule has 1 aromatic rings. The maximum atomic E-state index is 12.0. The van der Waals surface area contributed by atoms with Gasteiger partial charge in [-0.05, 0) is 48.8 Å². The molecule has 19 heavy (non-hydrogen) atoms. The van der Waals surface area contributed by atoms with Crippen molar-refractivity contribution in [1.29, 1.82) is 0 Å². The molecule has 2 heteroatoms. The molecule has 2 nitrogen and oxygen atoms in total. The predicted molar refractivity (Wildman–Crippen MR) is 79.8 cm³/mol. The molecule has 0 saturated heterocycles. The molecule has 0 aliphatic carbocycles. The smallest absolute Gasteiger partial charge is 0.338 e. The van der Waals surface area contributed by atoms with E-state index in [9.17, 15) is 4.79 Å². The number of carbonyl (C=O) groups is 1. The zero-order valence-corrected chi connectivity index (χ0v) is 12.8. The predicted octanol–water partition coefficient (Wildman–Crippen LogP) is 4.89. The summed E-state index contributed by atoms with van der Waals surface area (Å²) in [5.74, 6) is 0.705. The Morgan fingerprint density at radius 3 is 2.26 bits per heavy atom. The van der Waals surface area contributed by atoms with E-state index in [-0.39, 0.29) is 5.97 Å². The fourth-order valence-electron chi connectivity index (χ4n) is 2.15. The second-order valence-corrected chi connectivity index (χ2v) is 5.19. The van der Waals surface area contributed by atoms with E-state index >= 15 is 0 Å². The first-order valence-corrected chi connectivity index (χ1v) is 7.35. The quantitative estimate of drug-likeness (QED) is 0.682. The molecule has 106 valence electrons. The average molecular weight is 262 g/mol. The van der Waals surface area contributed by atoms with E-state index in [0.717, 1.165) is 24.0 Å². The third-order valence-corrected chi connectivity index (χ3v) is 3.90. The van der Waals surface area contributed by atoms with Crippen LogP contribution in [0.2, 0.25) is 0 Å². The lowest BCUT2D eigenvalue weighted by molar-refractivity contribution is 0.0524. The molecular formula is C17H26O2. The lowest BCUT2D eigenvalue weighted by Gasteiger charge is -2.18. The summed E-state index contributed by atoms with van der Waals surface area (Å²) >= 11 is 0. The fraction of sp³-hybridized carbons (Fsp3) is 0.588. The number of rotatable bonds is 6. The molecule has 2 atom stereocenters. The zero-order valence-electron chi connectivity index (χ0n) is 12.8. The minimum Gasteiger partial charge on any atom is -0.462 e. The molecule has 1 rings (SSSR count). The van der Waals surface area contributed by atoms with E-state index in [0.29, 0.717) is 18.4 Å². The van der Waals surface area contributed by atoms with Gasteiger partial charge in [0, 0.05) is 0 Å². The van der Waals surface area contributed by atoms with E-state index in [4.69, 9.17) is 4.74 Å². The average Bonchev–Trinajstić information content (AvgIpc) is 2.45. The van der Waals surface area contributed by atoms with Gasteiger partial charge in [0.25, 0.3) is 0 Å². The number of esters is 1. The van der Waals surface area contributed by atoms with Crippen LogP contribution in [0.25, 0.3) is 0 Å². The van der Waals surface area contributed by atoms with Gasteiger partial charge in [-0.1, -0.05) is 39.8 Å². The summed E-state index contributed by atoms with van der Waals surface area (Å²) in [6, 6.07) is 6.18. The molecule has 0 heterocycles. The topological polar surface area (TPSA) is 26.3 Å². The third-order valence-electron chi connectivity index (χ3n) is 3.90. The monoisotopic (exact) mass is 262 g/mol. The summed E-state index contributed by atoms with van der Waals surface area (Å²) in [6.07, 6.45) is 2.13. The highest BCUT2D eigenvalue weighted by molar-refractivity contribution is 5.91. The van der Waals surface area contributed by atoms with E-state index in [1.54, 1.807) is 0 Å². The molecule has 0 spiro atoms. The highest BCUT2D eigenvalue weighted by atomic mass is 16.5. The van der Waals surface area contributed by atoms with Crippen molar-refractivity contribution >= 4 is 5.97 Å². The molecule has 2 unspecified atom stereocenters. The molecule has 0 aromatic heterocycles. The molecule has 0 amide bonds. The third kappa shape index (κ3) is 3.82. The lowest BCUT2D eigenvalue weighted by Crippen LogP contribution is -2.10. The molecule has 0 fully saturated rings. The molecule has 0 aliphatic rings. The van der Waals surface area contributed by atoms with Gasteiger partial charge in [-0.3, -0.25) is 0 Å². The van der Waals surface area contributed by atoms with Gasteiger partial charge in [-0.2, -0.15) is 0 Å². The molecule has 1 aromatic carbocycles. The summed E-state index contributed by atoms with van der Waals surface area (Å²) in [5.41, 5.74) is 3.16. The maximum absolute atomic E-state index is 12.0. The van der Waals surface area contributed by atoms with Crippen molar-refractivity contribution in [2.24, 2.45) is 0 Å². The lowest BCUT2D eigenvalue weighted by atomic mass is 9.88. The fourth-order valence-corrected chi connectivity index (χ4v) is 2.15. The molecule has 0 saturated carbocycles. The first-order valence-electron chi connectivity index (χ1n) is 7.35. The number of hydrogen-bond acceptors (Lipinski definition) is 2. The standard InChI is InChI=1S/C17H26O2/c1-6-12(4)14-9-10-15(17(18)19-8-3)16(11-14)13(5)7-2/h9-13H,6-8H2,1-5H3. The van der Waals surface area contributed by atoms with Crippen LogP contribution in [0.1, 0.15) is 80.8 Å². The van der Waals surface area contributed by atoms with Crippen LogP contribution >= 0.6 is 0 Å². The second kappa shape index (κ2) is 7.32. The summed E-state index contributed by atoms with van der Waals surface area (Å²) < 4.78 is 5.15. The first-order chi connectivity index (χ1) is 9.04. The van der Waals surface area contributed by atoms with Crippen molar-refractivity contribution in [3.8, 4) is 0 Å². The maximum Gasteiger partial charge on any atom is 0.338 e. The van der Waals surface area contributed by atoms with Crippen LogP contribution in [-0.4, -0.2) is 12.6 Å². The minimum absolute atomic E-state index is 0.200. The van der Waals surface area contributed by atoms with Crippen LogP contribution in [-0.2, 0) is 4.74 Å².